The van der Waals surface area contributed by atoms with E-state index in [2.05, 4.69) is 35.1 Å². The molecule has 2 N–H and O–H groups in total. The summed E-state index contributed by atoms with van der Waals surface area (Å²) in [7, 11) is 2.60. The number of rotatable bonds is 9. The number of carbonyl (C=O) groups excluding carboxylic acids is 1. The van der Waals surface area contributed by atoms with E-state index in [9.17, 15) is 13.2 Å². The molecule has 3 heterocycles. The Balaban J connectivity index is 1.60. The van der Waals surface area contributed by atoms with Crippen molar-refractivity contribution in [2.45, 2.75) is 11.8 Å². The number of nitrogens with one attached hydrogen (secondary N) is 2. The molecular weight excluding hydrogens is 478 g/mol. The van der Waals surface area contributed by atoms with Crippen molar-refractivity contribution in [1.82, 2.24) is 24.8 Å². The topological polar surface area (TPSA) is 124 Å². The van der Waals surface area contributed by atoms with Crippen LogP contribution in [0.5, 0.6) is 0 Å². The molecule has 188 valence electrons. The summed E-state index contributed by atoms with van der Waals surface area (Å²) in [6.07, 6.45) is 4.21. The fraction of sp³-hybridized carbons (Fsp3) is 0.280. The highest BCUT2D eigenvalue weighted by molar-refractivity contribution is 7.91. The highest BCUT2D eigenvalue weighted by Gasteiger charge is 2.21. The summed E-state index contributed by atoms with van der Waals surface area (Å²) >= 11 is 0. The Morgan fingerprint density at radius 3 is 2.47 bits per heavy atom. The van der Waals surface area contributed by atoms with Crippen LogP contribution >= 0.6 is 0 Å². The highest BCUT2D eigenvalue weighted by Crippen LogP contribution is 2.26. The second-order valence-corrected chi connectivity index (χ2v) is 10.9. The summed E-state index contributed by atoms with van der Waals surface area (Å²) < 4.78 is 24.9. The zero-order valence-electron chi connectivity index (χ0n) is 20.7. The predicted molar refractivity (Wildman–Crippen MR) is 141 cm³/mol. The second-order valence-electron chi connectivity index (χ2n) is 8.64. The van der Waals surface area contributed by atoms with Crippen LogP contribution in [0.3, 0.4) is 0 Å². The zero-order valence-corrected chi connectivity index (χ0v) is 21.5. The summed E-state index contributed by atoms with van der Waals surface area (Å²) in [6.45, 7) is 3.40. The maximum Gasteiger partial charge on any atom is 0.258 e. The van der Waals surface area contributed by atoms with Crippen molar-refractivity contribution >= 4 is 38.3 Å². The number of hydrogen-bond acceptors (Lipinski definition) is 8. The molecule has 11 heteroatoms. The molecule has 0 aliphatic heterocycles. The van der Waals surface area contributed by atoms with E-state index in [1.165, 1.54) is 24.7 Å². The number of sulfone groups is 1. The van der Waals surface area contributed by atoms with Gasteiger partial charge in [0.1, 0.15) is 5.82 Å². The van der Waals surface area contributed by atoms with E-state index < -0.39 is 15.7 Å². The minimum Gasteiger partial charge on any atom is -0.373 e. The van der Waals surface area contributed by atoms with Crippen molar-refractivity contribution in [3.8, 4) is 11.4 Å². The molecule has 4 aromatic rings. The molecule has 1 amide bonds. The van der Waals surface area contributed by atoms with Gasteiger partial charge in [0.05, 0.1) is 33.6 Å². The van der Waals surface area contributed by atoms with Crippen LogP contribution in [-0.4, -0.2) is 79.1 Å². The average molecular weight is 508 g/mol. The Morgan fingerprint density at radius 2 is 1.78 bits per heavy atom. The lowest BCUT2D eigenvalue weighted by molar-refractivity contribution is 0.102. The number of benzene rings is 1. The number of carbonyl (C=O) groups is 1. The molecule has 0 fully saturated rings. The van der Waals surface area contributed by atoms with Crippen LogP contribution in [0.1, 0.15) is 17.3 Å². The maximum atomic E-state index is 13.2. The van der Waals surface area contributed by atoms with E-state index in [1.54, 1.807) is 13.0 Å². The normalized spacial score (nSPS) is 11.7. The summed E-state index contributed by atoms with van der Waals surface area (Å²) in [5, 5.41) is 2.68. The minimum absolute atomic E-state index is 0.0274. The molecule has 0 spiro atoms. The maximum absolute atomic E-state index is 13.2. The number of likely N-dealkylation sites (N-methyl/N-ethyl adjacent to an activating group) is 2. The van der Waals surface area contributed by atoms with Crippen molar-refractivity contribution in [1.29, 1.82) is 0 Å². The molecule has 0 bridgehead atoms. The van der Waals surface area contributed by atoms with Gasteiger partial charge in [0.2, 0.25) is 0 Å². The van der Waals surface area contributed by atoms with E-state index in [0.29, 0.717) is 22.6 Å². The predicted octanol–water partition coefficient (Wildman–Crippen LogP) is 3.06. The molecule has 1 aromatic carbocycles. The number of amides is 1. The second kappa shape index (κ2) is 10.4. The standard InChI is InChI=1S/C25H29N7O3S/c1-5-36(34,35)21-11-12-26-16-20(21)28-25(33)19-10-13-27-24-22(19)29-23(30-24)17-6-8-18(9-7-17)32(4)15-14-31(2)3/h6-13,16H,5,14-15H2,1-4H3,(H,28,33)(H,27,29,30). The smallest absolute Gasteiger partial charge is 0.258 e. The molecule has 3 aromatic heterocycles. The first-order chi connectivity index (χ1) is 17.2. The average Bonchev–Trinajstić information content (AvgIpc) is 3.32. The van der Waals surface area contributed by atoms with Gasteiger partial charge in [-0.2, -0.15) is 0 Å². The van der Waals surface area contributed by atoms with E-state index in [1.807, 2.05) is 45.4 Å². The number of H-pyrrole nitrogens is 1. The van der Waals surface area contributed by atoms with Gasteiger partial charge in [0.25, 0.3) is 5.91 Å². The van der Waals surface area contributed by atoms with Gasteiger partial charge >= 0.3 is 0 Å². The van der Waals surface area contributed by atoms with Gasteiger partial charge in [-0.25, -0.2) is 18.4 Å². The first kappa shape index (κ1) is 25.3. The molecule has 0 aliphatic carbocycles. The molecule has 36 heavy (non-hydrogen) atoms. The van der Waals surface area contributed by atoms with Crippen molar-refractivity contribution < 1.29 is 13.2 Å². The van der Waals surface area contributed by atoms with E-state index in [0.717, 1.165) is 24.3 Å². The Bertz CT molecular complexity index is 1480. The van der Waals surface area contributed by atoms with E-state index >= 15 is 0 Å². The Morgan fingerprint density at radius 1 is 1.03 bits per heavy atom. The summed E-state index contributed by atoms with van der Waals surface area (Å²) in [4.78, 5) is 33.5. The zero-order chi connectivity index (χ0) is 25.9. The lowest BCUT2D eigenvalue weighted by Crippen LogP contribution is -2.28. The number of hydrogen-bond donors (Lipinski definition) is 2. The summed E-state index contributed by atoms with van der Waals surface area (Å²) in [5.41, 5.74) is 3.21. The molecule has 10 nitrogen and oxygen atoms in total. The van der Waals surface area contributed by atoms with Crippen molar-refractivity contribution in [3.05, 3.63) is 60.6 Å². The van der Waals surface area contributed by atoms with Gasteiger partial charge in [-0.05, 0) is 50.5 Å². The Kier molecular flexibility index (Phi) is 7.32. The number of nitrogens with zero attached hydrogens (tertiary/aromatic N) is 5. The van der Waals surface area contributed by atoms with Crippen molar-refractivity contribution in [2.24, 2.45) is 0 Å². The summed E-state index contributed by atoms with van der Waals surface area (Å²) in [5.74, 6) is -0.0000410. The lowest BCUT2D eigenvalue weighted by Gasteiger charge is -2.21. The third-order valence-corrected chi connectivity index (χ3v) is 7.63. The van der Waals surface area contributed by atoms with E-state index in [-0.39, 0.29) is 16.3 Å². The molecule has 4 rings (SSSR count). The molecule has 0 radical (unpaired) electrons. The molecule has 0 unspecified atom stereocenters. The number of pyridine rings is 2. The van der Waals surface area contributed by atoms with Crippen LogP contribution in [-0.2, 0) is 9.84 Å². The molecular formula is C25H29N7O3S. The summed E-state index contributed by atoms with van der Waals surface area (Å²) in [6, 6.07) is 10.9. The van der Waals surface area contributed by atoms with Gasteiger partial charge in [0, 0.05) is 43.8 Å². The fourth-order valence-electron chi connectivity index (χ4n) is 3.68. The number of fused-ring (bicyclic) bond motifs is 1. The van der Waals surface area contributed by atoms with E-state index in [4.69, 9.17) is 0 Å². The van der Waals surface area contributed by atoms with Crippen molar-refractivity contribution in [2.75, 3.05) is 50.2 Å². The quantitative estimate of drug-likeness (QED) is 0.354. The molecule has 0 saturated carbocycles. The fourth-order valence-corrected chi connectivity index (χ4v) is 4.70. The third-order valence-electron chi connectivity index (χ3n) is 5.85. The van der Waals surface area contributed by atoms with Gasteiger partial charge in [-0.1, -0.05) is 6.92 Å². The lowest BCUT2D eigenvalue weighted by atomic mass is 10.2. The minimum atomic E-state index is -3.54. The number of aromatic amines is 1. The van der Waals surface area contributed by atoms with Crippen LogP contribution in [0.2, 0.25) is 0 Å². The Hall–Kier alpha value is -3.83. The largest absolute Gasteiger partial charge is 0.373 e. The first-order valence-corrected chi connectivity index (χ1v) is 13.1. The van der Waals surface area contributed by atoms with Gasteiger partial charge in [-0.3, -0.25) is 9.78 Å². The van der Waals surface area contributed by atoms with Crippen LogP contribution in [0, 0.1) is 0 Å². The van der Waals surface area contributed by atoms with Crippen LogP contribution in [0.15, 0.2) is 59.9 Å². The SMILES string of the molecule is CCS(=O)(=O)c1ccncc1NC(=O)c1ccnc2nc(-c3ccc(N(C)CCN(C)C)cc3)[nH]c12. The van der Waals surface area contributed by atoms with Crippen LogP contribution < -0.4 is 10.2 Å². The molecule has 0 aliphatic rings. The van der Waals surface area contributed by atoms with Crippen molar-refractivity contribution in [3.63, 3.8) is 0 Å². The van der Waals surface area contributed by atoms with Gasteiger partial charge in [-0.15, -0.1) is 0 Å². The highest BCUT2D eigenvalue weighted by atomic mass is 32.2. The molecule has 0 saturated heterocycles. The Labute approximate surface area is 210 Å². The first-order valence-electron chi connectivity index (χ1n) is 11.5. The number of aromatic nitrogens is 4. The van der Waals surface area contributed by atoms with Crippen LogP contribution in [0.4, 0.5) is 11.4 Å². The third kappa shape index (κ3) is 5.37. The van der Waals surface area contributed by atoms with Gasteiger partial charge < -0.3 is 20.1 Å². The monoisotopic (exact) mass is 507 g/mol. The van der Waals surface area contributed by atoms with Crippen LogP contribution in [0.25, 0.3) is 22.6 Å². The van der Waals surface area contributed by atoms with Gasteiger partial charge in [0.15, 0.2) is 15.5 Å². The number of anilines is 2. The number of imidazole rings is 1. The molecule has 0 atom stereocenters.